The molecule has 0 spiro atoms. The minimum absolute atomic E-state index is 0.0474. The number of pyridine rings is 1. The van der Waals surface area contributed by atoms with E-state index in [0.717, 1.165) is 37.1 Å². The molecule has 7 nitrogen and oxygen atoms in total. The fourth-order valence-electron chi connectivity index (χ4n) is 3.10. The molecule has 2 N–H and O–H groups in total. The van der Waals surface area contributed by atoms with E-state index >= 15 is 0 Å². The van der Waals surface area contributed by atoms with Crippen LogP contribution in [0.15, 0.2) is 30.9 Å². The van der Waals surface area contributed by atoms with Crippen molar-refractivity contribution in [1.82, 2.24) is 24.7 Å². The number of hydrogen-bond acceptors (Lipinski definition) is 5. The van der Waals surface area contributed by atoms with Crippen molar-refractivity contribution in [2.45, 2.75) is 18.9 Å². The summed E-state index contributed by atoms with van der Waals surface area (Å²) in [6.07, 6.45) is 9.20. The summed E-state index contributed by atoms with van der Waals surface area (Å²) in [7, 11) is 0. The number of aromatic hydroxyl groups is 1. The van der Waals surface area contributed by atoms with E-state index in [1.807, 2.05) is 16.9 Å². The third kappa shape index (κ3) is 2.33. The van der Waals surface area contributed by atoms with E-state index in [-0.39, 0.29) is 5.75 Å². The van der Waals surface area contributed by atoms with Crippen molar-refractivity contribution in [2.24, 2.45) is 0 Å². The second-order valence-electron chi connectivity index (χ2n) is 5.77. The van der Waals surface area contributed by atoms with Crippen molar-refractivity contribution in [3.63, 3.8) is 0 Å². The fraction of sp³-hybridized carbons (Fsp3) is 0.312. The summed E-state index contributed by atoms with van der Waals surface area (Å²) in [5.74, 6) is 0.0474. The van der Waals surface area contributed by atoms with E-state index in [0.29, 0.717) is 17.1 Å². The molecule has 1 aliphatic heterocycles. The molecule has 0 amide bonds. The van der Waals surface area contributed by atoms with Crippen LogP contribution in [0.25, 0.3) is 16.6 Å². The largest absolute Gasteiger partial charge is 0.506 e. The minimum Gasteiger partial charge on any atom is -0.506 e. The standard InChI is InChI=1S/C16H16N6O/c17-6-12-7-20-22-9-11(5-15(23)16(12)22)13-8-19-21(10-13)14-1-3-18-4-2-14/h5,7-10,14,18,23H,1-4H2. The monoisotopic (exact) mass is 308 g/mol. The summed E-state index contributed by atoms with van der Waals surface area (Å²) in [6, 6.07) is 4.10. The van der Waals surface area contributed by atoms with Crippen molar-refractivity contribution in [3.8, 4) is 22.9 Å². The van der Waals surface area contributed by atoms with Gasteiger partial charge >= 0.3 is 0 Å². The van der Waals surface area contributed by atoms with Crippen LogP contribution in [0.3, 0.4) is 0 Å². The molecule has 1 fully saturated rings. The molecule has 0 saturated carbocycles. The molecule has 3 aromatic rings. The molecule has 23 heavy (non-hydrogen) atoms. The Balaban J connectivity index is 1.72. The highest BCUT2D eigenvalue weighted by Crippen LogP contribution is 2.29. The van der Waals surface area contributed by atoms with Gasteiger partial charge < -0.3 is 10.4 Å². The Morgan fingerprint density at radius 1 is 1.17 bits per heavy atom. The Hall–Kier alpha value is -2.85. The second-order valence-corrected chi connectivity index (χ2v) is 5.77. The fourth-order valence-corrected chi connectivity index (χ4v) is 3.10. The zero-order chi connectivity index (χ0) is 15.8. The highest BCUT2D eigenvalue weighted by molar-refractivity contribution is 5.74. The molecule has 7 heteroatoms. The van der Waals surface area contributed by atoms with Crippen molar-refractivity contribution < 1.29 is 5.11 Å². The molecule has 3 aromatic heterocycles. The molecule has 0 atom stereocenters. The molecule has 0 unspecified atom stereocenters. The Morgan fingerprint density at radius 2 is 2.00 bits per heavy atom. The predicted octanol–water partition coefficient (Wildman–Crippen LogP) is 1.70. The molecule has 0 bridgehead atoms. The van der Waals surface area contributed by atoms with Gasteiger partial charge in [0.2, 0.25) is 0 Å². The van der Waals surface area contributed by atoms with Gasteiger partial charge in [-0.15, -0.1) is 0 Å². The molecule has 0 radical (unpaired) electrons. The zero-order valence-corrected chi connectivity index (χ0v) is 12.5. The number of rotatable bonds is 2. The average molecular weight is 308 g/mol. The molecule has 116 valence electrons. The van der Waals surface area contributed by atoms with E-state index in [1.54, 1.807) is 18.5 Å². The van der Waals surface area contributed by atoms with Gasteiger partial charge in [-0.05, 0) is 32.0 Å². The number of nitriles is 1. The lowest BCUT2D eigenvalue weighted by atomic mass is 10.1. The number of fused-ring (bicyclic) bond motifs is 1. The Morgan fingerprint density at radius 3 is 2.78 bits per heavy atom. The number of aromatic nitrogens is 4. The third-order valence-electron chi connectivity index (χ3n) is 4.33. The molecular formula is C16H16N6O. The van der Waals surface area contributed by atoms with Gasteiger partial charge in [0.15, 0.2) is 0 Å². The molecule has 4 rings (SSSR count). The molecule has 4 heterocycles. The molecule has 1 saturated heterocycles. The summed E-state index contributed by atoms with van der Waals surface area (Å²) in [5.41, 5.74) is 2.54. The predicted molar refractivity (Wildman–Crippen MR) is 83.9 cm³/mol. The van der Waals surface area contributed by atoms with Gasteiger partial charge in [-0.25, -0.2) is 4.52 Å². The maximum absolute atomic E-state index is 10.2. The van der Waals surface area contributed by atoms with Gasteiger partial charge in [-0.1, -0.05) is 0 Å². The van der Waals surface area contributed by atoms with E-state index in [1.165, 1.54) is 10.7 Å². The van der Waals surface area contributed by atoms with Crippen LogP contribution in [-0.2, 0) is 0 Å². The smallest absolute Gasteiger partial charge is 0.143 e. The molecule has 0 aliphatic carbocycles. The van der Waals surface area contributed by atoms with E-state index in [2.05, 4.69) is 15.5 Å². The highest BCUT2D eigenvalue weighted by atomic mass is 16.3. The summed E-state index contributed by atoms with van der Waals surface area (Å²) < 4.78 is 3.53. The molecular weight excluding hydrogens is 292 g/mol. The Bertz CT molecular complexity index is 897. The summed E-state index contributed by atoms with van der Waals surface area (Å²) in [6.45, 7) is 2.02. The van der Waals surface area contributed by atoms with Crippen LogP contribution in [-0.4, -0.2) is 37.6 Å². The van der Waals surface area contributed by atoms with E-state index in [4.69, 9.17) is 5.26 Å². The van der Waals surface area contributed by atoms with Crippen LogP contribution in [0.5, 0.6) is 5.75 Å². The topological polar surface area (TPSA) is 91.2 Å². The summed E-state index contributed by atoms with van der Waals surface area (Å²) in [5, 5.41) is 31.2. The SMILES string of the molecule is N#Cc1cnn2cc(-c3cnn(C4CCNCC4)c3)cc(O)c12. The first-order chi connectivity index (χ1) is 11.3. The second kappa shape index (κ2) is 5.41. The van der Waals surface area contributed by atoms with Crippen LogP contribution in [0.1, 0.15) is 24.4 Å². The van der Waals surface area contributed by atoms with Crippen LogP contribution in [0, 0.1) is 11.3 Å². The van der Waals surface area contributed by atoms with E-state index in [9.17, 15) is 5.11 Å². The van der Waals surface area contributed by atoms with Gasteiger partial charge in [-0.3, -0.25) is 4.68 Å². The number of nitrogens with one attached hydrogen (secondary N) is 1. The van der Waals surface area contributed by atoms with Gasteiger partial charge in [0, 0.05) is 23.5 Å². The third-order valence-corrected chi connectivity index (χ3v) is 4.33. The van der Waals surface area contributed by atoms with Crippen molar-refractivity contribution in [2.75, 3.05) is 13.1 Å². The highest BCUT2D eigenvalue weighted by Gasteiger charge is 2.17. The lowest BCUT2D eigenvalue weighted by Crippen LogP contribution is -2.29. The average Bonchev–Trinajstić information content (AvgIpc) is 3.22. The minimum atomic E-state index is 0.0474. The molecule has 1 aliphatic rings. The zero-order valence-electron chi connectivity index (χ0n) is 12.5. The van der Waals surface area contributed by atoms with Gasteiger partial charge in [0.1, 0.15) is 22.9 Å². The normalized spacial score (nSPS) is 15.8. The summed E-state index contributed by atoms with van der Waals surface area (Å²) >= 11 is 0. The van der Waals surface area contributed by atoms with Gasteiger partial charge in [0.25, 0.3) is 0 Å². The van der Waals surface area contributed by atoms with Crippen LogP contribution >= 0.6 is 0 Å². The van der Waals surface area contributed by atoms with Crippen molar-refractivity contribution in [3.05, 3.63) is 36.4 Å². The molecule has 0 aromatic carbocycles. The Kier molecular flexibility index (Phi) is 3.24. The number of piperidine rings is 1. The van der Waals surface area contributed by atoms with Crippen LogP contribution in [0.4, 0.5) is 0 Å². The van der Waals surface area contributed by atoms with Crippen LogP contribution in [0.2, 0.25) is 0 Å². The first-order valence-corrected chi connectivity index (χ1v) is 7.62. The maximum atomic E-state index is 10.2. The Labute approximate surface area is 132 Å². The first-order valence-electron chi connectivity index (χ1n) is 7.62. The maximum Gasteiger partial charge on any atom is 0.143 e. The van der Waals surface area contributed by atoms with Crippen molar-refractivity contribution >= 4 is 5.52 Å². The summed E-state index contributed by atoms with van der Waals surface area (Å²) in [4.78, 5) is 0. The number of hydrogen-bond donors (Lipinski definition) is 2. The van der Waals surface area contributed by atoms with Crippen molar-refractivity contribution in [1.29, 1.82) is 5.26 Å². The van der Waals surface area contributed by atoms with Gasteiger partial charge in [-0.2, -0.15) is 15.5 Å². The van der Waals surface area contributed by atoms with Gasteiger partial charge in [0.05, 0.1) is 18.4 Å². The lowest BCUT2D eigenvalue weighted by molar-refractivity contribution is 0.343. The van der Waals surface area contributed by atoms with E-state index < -0.39 is 0 Å². The van der Waals surface area contributed by atoms with Crippen LogP contribution < -0.4 is 5.32 Å². The number of nitrogens with zero attached hydrogens (tertiary/aromatic N) is 5. The lowest BCUT2D eigenvalue weighted by Gasteiger charge is -2.22. The first kappa shape index (κ1) is 13.8. The quantitative estimate of drug-likeness (QED) is 0.752.